The highest BCUT2D eigenvalue weighted by atomic mass is 28.3. The molecule has 362 valence electrons. The van der Waals surface area contributed by atoms with Crippen LogP contribution in [0.15, 0.2) is 240 Å². The number of hydrogen-bond acceptors (Lipinski definition) is 0. The molecule has 0 bridgehead atoms. The smallest absolute Gasteiger partial charge is 0.0636 e. The van der Waals surface area contributed by atoms with Crippen molar-refractivity contribution in [2.75, 3.05) is 0 Å². The van der Waals surface area contributed by atoms with E-state index in [0.717, 1.165) is 38.5 Å². The van der Waals surface area contributed by atoms with E-state index < -0.39 is 8.07 Å². The van der Waals surface area contributed by atoms with Gasteiger partial charge in [-0.15, -0.1) is 0 Å². The van der Waals surface area contributed by atoms with Crippen molar-refractivity contribution in [2.24, 2.45) is 5.92 Å². The molecule has 1 atom stereocenters. The molecule has 0 spiro atoms. The van der Waals surface area contributed by atoms with Crippen molar-refractivity contribution in [1.29, 1.82) is 0 Å². The minimum Gasteiger partial charge on any atom is -0.0636 e. The molecule has 73 heavy (non-hydrogen) atoms. The van der Waals surface area contributed by atoms with Crippen LogP contribution >= 0.6 is 0 Å². The van der Waals surface area contributed by atoms with Crippen molar-refractivity contribution in [3.8, 4) is 0 Å². The second-order valence-corrected chi connectivity index (χ2v) is 24.7. The highest BCUT2D eigenvalue weighted by Crippen LogP contribution is 2.44. The Morgan fingerprint density at radius 2 is 0.493 bits per heavy atom. The molecule has 0 radical (unpaired) electrons. The number of rotatable bonds is 16. The lowest BCUT2D eigenvalue weighted by atomic mass is 9.95. The summed E-state index contributed by atoms with van der Waals surface area (Å²) >= 11 is 0. The van der Waals surface area contributed by atoms with Gasteiger partial charge in [0.05, 0.1) is 0 Å². The molecule has 0 saturated carbocycles. The van der Waals surface area contributed by atoms with E-state index in [0.29, 0.717) is 0 Å². The van der Waals surface area contributed by atoms with E-state index >= 15 is 0 Å². The molecule has 1 aliphatic carbocycles. The van der Waals surface area contributed by atoms with Crippen molar-refractivity contribution in [1.82, 2.24) is 0 Å². The lowest BCUT2D eigenvalue weighted by Gasteiger charge is -2.46. The number of allylic oxidation sites excluding steroid dienone is 4. The first-order valence-electron chi connectivity index (χ1n) is 26.6. The zero-order valence-electron chi connectivity index (χ0n) is 44.1. The Labute approximate surface area is 437 Å². The first-order valence-corrected chi connectivity index (χ1v) is 28.6. The van der Waals surface area contributed by atoms with Gasteiger partial charge in [-0.1, -0.05) is 258 Å². The van der Waals surface area contributed by atoms with Crippen LogP contribution in [0.5, 0.6) is 0 Å². The standard InChI is InChI=1S/C72H70Si/c1-50-38-63(44-57-26-14-8-15-27-57)70(64(39-50)45-58-28-16-9-17-29-58)73(69-55(6)53(4)54(5)56(69)7,71-65(46-59-30-18-10-19-31-59)40-51(2)41-66(71)47-60-32-20-11-21-33-60)72-67(48-61-34-22-12-23-35-61)42-52(3)43-68(72)49-62-36-24-13-25-37-62/h8-43,55H,44-49H2,1-7H3. The molecule has 0 N–H and O–H groups in total. The molecule has 1 unspecified atom stereocenters. The van der Waals surface area contributed by atoms with Crippen molar-refractivity contribution < 1.29 is 0 Å². The first-order chi connectivity index (χ1) is 35.6. The summed E-state index contributed by atoms with van der Waals surface area (Å²) in [5.41, 5.74) is 25.1. The molecular formula is C72H70Si. The Hall–Kier alpha value is -7.32. The molecule has 0 amide bonds. The van der Waals surface area contributed by atoms with Crippen molar-refractivity contribution in [3.63, 3.8) is 0 Å². The van der Waals surface area contributed by atoms with Gasteiger partial charge in [-0.3, -0.25) is 0 Å². The largest absolute Gasteiger partial charge is 0.178 e. The minimum absolute atomic E-state index is 0.202. The van der Waals surface area contributed by atoms with Crippen LogP contribution in [-0.2, 0) is 38.5 Å². The van der Waals surface area contributed by atoms with Gasteiger partial charge >= 0.3 is 0 Å². The van der Waals surface area contributed by atoms with Gasteiger partial charge in [0.2, 0.25) is 0 Å². The fourth-order valence-electron chi connectivity index (χ4n) is 12.8. The average Bonchev–Trinajstić information content (AvgIpc) is 3.59. The second-order valence-electron chi connectivity index (χ2n) is 21.2. The van der Waals surface area contributed by atoms with Crippen LogP contribution in [0, 0.1) is 26.7 Å². The van der Waals surface area contributed by atoms with Crippen LogP contribution in [0.4, 0.5) is 0 Å². The Balaban J connectivity index is 1.50. The van der Waals surface area contributed by atoms with E-state index in [1.807, 2.05) is 0 Å². The first kappa shape index (κ1) is 49.3. The fraction of sp³-hybridized carbons (Fsp3) is 0.194. The van der Waals surface area contributed by atoms with Crippen LogP contribution < -0.4 is 15.6 Å². The third-order valence-corrected chi connectivity index (χ3v) is 21.7. The predicted octanol–water partition coefficient (Wildman–Crippen LogP) is 15.5. The van der Waals surface area contributed by atoms with E-state index in [2.05, 4.69) is 267 Å². The number of benzene rings is 9. The molecule has 10 rings (SSSR count). The topological polar surface area (TPSA) is 0 Å². The zero-order valence-corrected chi connectivity index (χ0v) is 45.1. The van der Waals surface area contributed by atoms with Crippen molar-refractivity contribution in [2.45, 2.75) is 87.0 Å². The molecule has 1 heteroatoms. The van der Waals surface area contributed by atoms with Crippen molar-refractivity contribution >= 4 is 23.6 Å². The Kier molecular flexibility index (Phi) is 14.7. The maximum absolute atomic E-state index is 3.62. The molecule has 9 aromatic carbocycles. The van der Waals surface area contributed by atoms with Gasteiger partial charge in [-0.05, 0) is 174 Å². The Morgan fingerprint density at radius 3 is 0.671 bits per heavy atom. The summed E-state index contributed by atoms with van der Waals surface area (Å²) in [6.07, 6.45) is 5.01. The van der Waals surface area contributed by atoms with Crippen LogP contribution in [0.1, 0.15) is 111 Å². The summed E-state index contributed by atoms with van der Waals surface area (Å²) in [5, 5.41) is 6.38. The summed E-state index contributed by atoms with van der Waals surface area (Å²) in [5.74, 6) is 0.202. The summed E-state index contributed by atoms with van der Waals surface area (Å²) in [7, 11) is -3.62. The third kappa shape index (κ3) is 10.4. The maximum Gasteiger partial charge on any atom is 0.178 e. The monoisotopic (exact) mass is 963 g/mol. The third-order valence-electron chi connectivity index (χ3n) is 15.9. The van der Waals surface area contributed by atoms with E-state index in [1.54, 1.807) is 20.8 Å². The van der Waals surface area contributed by atoms with Gasteiger partial charge in [-0.25, -0.2) is 0 Å². The van der Waals surface area contributed by atoms with Crippen LogP contribution in [0.25, 0.3) is 0 Å². The second kappa shape index (κ2) is 21.8. The highest BCUT2D eigenvalue weighted by Gasteiger charge is 2.54. The Bertz CT molecular complexity index is 2900. The Morgan fingerprint density at radius 1 is 0.288 bits per heavy atom. The van der Waals surface area contributed by atoms with Gasteiger partial charge in [0, 0.05) is 0 Å². The number of hydrogen-bond donors (Lipinski definition) is 0. The summed E-state index contributed by atoms with van der Waals surface area (Å²) in [6.45, 7) is 17.0. The van der Waals surface area contributed by atoms with Gasteiger partial charge in [0.1, 0.15) is 0 Å². The molecule has 0 aromatic heterocycles. The van der Waals surface area contributed by atoms with Gasteiger partial charge in [0.25, 0.3) is 0 Å². The highest BCUT2D eigenvalue weighted by molar-refractivity contribution is 7.17. The summed E-state index contributed by atoms with van der Waals surface area (Å²) < 4.78 is 0. The summed E-state index contributed by atoms with van der Waals surface area (Å²) in [6, 6.07) is 83.6. The minimum atomic E-state index is -3.62. The molecule has 0 nitrogen and oxygen atoms in total. The van der Waals surface area contributed by atoms with Gasteiger partial charge < -0.3 is 0 Å². The summed E-state index contributed by atoms with van der Waals surface area (Å²) in [4.78, 5) is 0. The fourth-order valence-corrected chi connectivity index (χ4v) is 19.8. The quantitative estimate of drug-likeness (QED) is 0.0669. The maximum atomic E-state index is 2.60. The lowest BCUT2D eigenvalue weighted by Crippen LogP contribution is -2.74. The van der Waals surface area contributed by atoms with E-state index in [-0.39, 0.29) is 5.92 Å². The van der Waals surface area contributed by atoms with E-state index in [1.165, 1.54) is 100 Å². The van der Waals surface area contributed by atoms with Gasteiger partial charge in [-0.2, -0.15) is 0 Å². The molecule has 0 heterocycles. The molecule has 0 fully saturated rings. The average molecular weight is 963 g/mol. The van der Waals surface area contributed by atoms with Crippen LogP contribution in [0.3, 0.4) is 0 Å². The normalized spacial score (nSPS) is 13.8. The SMILES string of the molecule is CC1=C(C)C(C)C([Si](c2c(Cc3ccccc3)cc(C)cc2Cc2ccccc2)(c2c(Cc3ccccc3)cc(C)cc2Cc2ccccc2)c2c(Cc3ccccc3)cc(C)cc2Cc2ccccc2)=C1C. The van der Waals surface area contributed by atoms with Crippen LogP contribution in [-0.4, -0.2) is 8.07 Å². The molecule has 0 saturated heterocycles. The molecule has 1 aliphatic rings. The van der Waals surface area contributed by atoms with Gasteiger partial charge in [0.15, 0.2) is 8.07 Å². The van der Waals surface area contributed by atoms with E-state index in [4.69, 9.17) is 0 Å². The lowest BCUT2D eigenvalue weighted by molar-refractivity contribution is 0.850. The van der Waals surface area contributed by atoms with E-state index in [9.17, 15) is 0 Å². The zero-order chi connectivity index (χ0) is 50.5. The van der Waals surface area contributed by atoms with Crippen molar-refractivity contribution in [3.05, 3.63) is 324 Å². The molecule has 0 aliphatic heterocycles. The molecular weight excluding hydrogens is 893 g/mol. The molecule has 9 aromatic rings. The van der Waals surface area contributed by atoms with Crippen LogP contribution in [0.2, 0.25) is 0 Å². The number of aryl methyl sites for hydroxylation is 3. The predicted molar refractivity (Wildman–Crippen MR) is 314 cm³/mol.